The summed E-state index contributed by atoms with van der Waals surface area (Å²) in [6, 6.07) is 7.80. The fourth-order valence-electron chi connectivity index (χ4n) is 5.38. The van der Waals surface area contributed by atoms with Gasteiger partial charge in [-0.15, -0.1) is 0 Å². The first kappa shape index (κ1) is 25.7. The van der Waals surface area contributed by atoms with E-state index < -0.39 is 44.3 Å². The lowest BCUT2D eigenvalue weighted by Gasteiger charge is -2.31. The Morgan fingerprint density at radius 1 is 0.886 bits per heavy atom. The Hall–Kier alpha value is -2.42. The number of hydrogen-bond acceptors (Lipinski definition) is 3. The molecule has 35 heavy (non-hydrogen) atoms. The van der Waals surface area contributed by atoms with E-state index in [-0.39, 0.29) is 17.9 Å². The smallest absolute Gasteiger partial charge is 0.274 e. The average molecular weight is 512 g/mol. The van der Waals surface area contributed by atoms with Gasteiger partial charge < -0.3 is 0 Å². The molecule has 1 aliphatic carbocycles. The summed E-state index contributed by atoms with van der Waals surface area (Å²) in [4.78, 5) is 12.8. The van der Waals surface area contributed by atoms with Gasteiger partial charge in [-0.05, 0) is 73.9 Å². The van der Waals surface area contributed by atoms with Crippen molar-refractivity contribution in [3.05, 3.63) is 58.9 Å². The van der Waals surface area contributed by atoms with Crippen LogP contribution in [0.2, 0.25) is 0 Å². The van der Waals surface area contributed by atoms with Crippen molar-refractivity contribution in [2.45, 2.75) is 82.2 Å². The van der Waals surface area contributed by atoms with Crippen LogP contribution in [0.1, 0.15) is 87.2 Å². The zero-order valence-electron chi connectivity index (χ0n) is 20.0. The molecule has 0 N–H and O–H groups in total. The molecule has 4 rings (SSSR count). The number of amides is 1. The van der Waals surface area contributed by atoms with Gasteiger partial charge in [0.05, 0.1) is 17.5 Å². The third-order valence-corrected chi connectivity index (χ3v) is 9.29. The Bertz CT molecular complexity index is 1240. The van der Waals surface area contributed by atoms with Crippen molar-refractivity contribution in [1.29, 1.82) is 0 Å². The van der Waals surface area contributed by atoms with Crippen LogP contribution in [-0.4, -0.2) is 24.2 Å². The number of nitrogens with zero attached hydrogens (tertiary/aromatic N) is 1. The molecule has 2 aromatic rings. The van der Waals surface area contributed by atoms with E-state index in [1.807, 2.05) is 0 Å². The molecule has 1 saturated heterocycles. The molecule has 1 saturated carbocycles. The molecule has 190 valence electrons. The molecule has 0 unspecified atom stereocenters. The molecule has 1 heterocycles. The van der Waals surface area contributed by atoms with Crippen LogP contribution >= 0.6 is 0 Å². The number of benzene rings is 2. The highest BCUT2D eigenvalue weighted by molar-refractivity contribution is 7.90. The number of carbonyl (C=O) groups excluding carboxylic acids is 1. The Labute approximate surface area is 203 Å². The summed E-state index contributed by atoms with van der Waals surface area (Å²) in [7, 11) is -3.97. The minimum atomic E-state index is -4.83. The molecule has 1 amide bonds. The molecule has 0 bridgehead atoms. The monoisotopic (exact) mass is 511 g/mol. The predicted molar refractivity (Wildman–Crippen MR) is 126 cm³/mol. The molecule has 1 atom stereocenters. The standard InChI is InChI=1S/C26H29F4NO3S/c1-25(2,3)31-24(32)15-23(35(31,33)34)19-11-9-17(13-20(19)16-7-5-4-6-8-16)18-10-12-22(27)21(14-18)26(28,29)30/h9-14,16,23H,4-8,15H2,1-3H3/t23-/m1/s1. The van der Waals surface area contributed by atoms with Crippen molar-refractivity contribution in [2.75, 3.05) is 0 Å². The van der Waals surface area contributed by atoms with E-state index in [9.17, 15) is 30.8 Å². The number of carbonyl (C=O) groups is 1. The van der Waals surface area contributed by atoms with Gasteiger partial charge in [0.1, 0.15) is 11.1 Å². The number of alkyl halides is 3. The topological polar surface area (TPSA) is 54.5 Å². The second-order valence-corrected chi connectivity index (χ2v) is 12.4. The van der Waals surface area contributed by atoms with Gasteiger partial charge in [-0.2, -0.15) is 13.2 Å². The van der Waals surface area contributed by atoms with E-state index in [0.29, 0.717) is 11.1 Å². The maximum atomic E-state index is 13.9. The van der Waals surface area contributed by atoms with Crippen molar-refractivity contribution < 1.29 is 30.8 Å². The van der Waals surface area contributed by atoms with Gasteiger partial charge in [-0.3, -0.25) is 4.79 Å². The van der Waals surface area contributed by atoms with Gasteiger partial charge in [0.2, 0.25) is 15.9 Å². The number of rotatable bonds is 3. The van der Waals surface area contributed by atoms with Gasteiger partial charge in [0.25, 0.3) is 0 Å². The molecule has 1 aliphatic heterocycles. The summed E-state index contributed by atoms with van der Waals surface area (Å²) in [5.41, 5.74) is -0.324. The number of sulfonamides is 1. The van der Waals surface area contributed by atoms with Crippen LogP contribution < -0.4 is 0 Å². The van der Waals surface area contributed by atoms with Gasteiger partial charge in [-0.25, -0.2) is 17.1 Å². The zero-order chi connectivity index (χ0) is 25.8. The molecule has 0 aromatic heterocycles. The summed E-state index contributed by atoms with van der Waals surface area (Å²) < 4.78 is 81.6. The SMILES string of the molecule is CC(C)(C)N1C(=O)C[C@H](c2ccc(-c3ccc(F)c(C(F)(F)F)c3)cc2C2CCCCC2)S1(=O)=O. The predicted octanol–water partition coefficient (Wildman–Crippen LogP) is 6.96. The van der Waals surface area contributed by atoms with Crippen molar-refractivity contribution in [2.24, 2.45) is 0 Å². The first-order chi connectivity index (χ1) is 16.2. The summed E-state index contributed by atoms with van der Waals surface area (Å²) in [6.07, 6.45) is -0.347. The average Bonchev–Trinajstić information content (AvgIpc) is 3.01. The van der Waals surface area contributed by atoms with Crippen LogP contribution in [0, 0.1) is 5.82 Å². The molecule has 2 aromatic carbocycles. The quantitative estimate of drug-likeness (QED) is 0.419. The second-order valence-electron chi connectivity index (χ2n) is 10.4. The third kappa shape index (κ3) is 4.84. The minimum absolute atomic E-state index is 0.0372. The van der Waals surface area contributed by atoms with Crippen LogP contribution in [0.15, 0.2) is 36.4 Å². The van der Waals surface area contributed by atoms with Gasteiger partial charge in [0.15, 0.2) is 0 Å². The van der Waals surface area contributed by atoms with Crippen molar-refractivity contribution in [3.8, 4) is 11.1 Å². The van der Waals surface area contributed by atoms with Crippen LogP contribution in [-0.2, 0) is 21.0 Å². The van der Waals surface area contributed by atoms with Crippen molar-refractivity contribution in [1.82, 2.24) is 4.31 Å². The van der Waals surface area contributed by atoms with E-state index in [4.69, 9.17) is 0 Å². The molecule has 0 spiro atoms. The Morgan fingerprint density at radius 3 is 2.06 bits per heavy atom. The Kier molecular flexibility index (Phi) is 6.53. The summed E-state index contributed by atoms with van der Waals surface area (Å²) in [5, 5.41) is -1.04. The molecule has 9 heteroatoms. The molecule has 2 aliphatic rings. The number of halogens is 4. The molecular weight excluding hydrogens is 482 g/mol. The first-order valence-electron chi connectivity index (χ1n) is 11.8. The fraction of sp³-hybridized carbons (Fsp3) is 0.500. The first-order valence-corrected chi connectivity index (χ1v) is 13.3. The fourth-order valence-corrected chi connectivity index (χ4v) is 7.64. The number of hydrogen-bond donors (Lipinski definition) is 0. The largest absolute Gasteiger partial charge is 0.419 e. The molecule has 2 fully saturated rings. The molecular formula is C26H29F4NO3S. The van der Waals surface area contributed by atoms with Gasteiger partial charge in [0, 0.05) is 0 Å². The van der Waals surface area contributed by atoms with Crippen LogP contribution in [0.5, 0.6) is 0 Å². The normalized spacial score (nSPS) is 21.5. The van der Waals surface area contributed by atoms with E-state index in [0.717, 1.165) is 54.1 Å². The lowest BCUT2D eigenvalue weighted by molar-refractivity contribution is -0.140. The third-order valence-electron chi connectivity index (χ3n) is 6.89. The van der Waals surface area contributed by atoms with Gasteiger partial charge >= 0.3 is 6.18 Å². The summed E-state index contributed by atoms with van der Waals surface area (Å²) >= 11 is 0. The molecule has 4 nitrogen and oxygen atoms in total. The van der Waals surface area contributed by atoms with Crippen LogP contribution in [0.25, 0.3) is 11.1 Å². The maximum Gasteiger partial charge on any atom is 0.419 e. The van der Waals surface area contributed by atoms with Crippen LogP contribution in [0.4, 0.5) is 17.6 Å². The van der Waals surface area contributed by atoms with Crippen molar-refractivity contribution >= 4 is 15.9 Å². The Morgan fingerprint density at radius 2 is 1.49 bits per heavy atom. The highest BCUT2D eigenvalue weighted by Crippen LogP contribution is 2.46. The Balaban J connectivity index is 1.84. The van der Waals surface area contributed by atoms with E-state index in [1.165, 1.54) is 6.07 Å². The maximum absolute atomic E-state index is 13.9. The second kappa shape index (κ2) is 8.91. The van der Waals surface area contributed by atoms with E-state index >= 15 is 0 Å². The lowest BCUT2D eigenvalue weighted by Crippen LogP contribution is -2.45. The summed E-state index contributed by atoms with van der Waals surface area (Å²) in [5.74, 6) is -1.77. The van der Waals surface area contributed by atoms with E-state index in [2.05, 4.69) is 0 Å². The minimum Gasteiger partial charge on any atom is -0.274 e. The lowest BCUT2D eigenvalue weighted by atomic mass is 9.80. The van der Waals surface area contributed by atoms with Crippen LogP contribution in [0.3, 0.4) is 0 Å². The zero-order valence-corrected chi connectivity index (χ0v) is 20.8. The highest BCUT2D eigenvalue weighted by Gasteiger charge is 2.50. The highest BCUT2D eigenvalue weighted by atomic mass is 32.2. The summed E-state index contributed by atoms with van der Waals surface area (Å²) in [6.45, 7) is 5.01. The molecule has 0 radical (unpaired) electrons. The van der Waals surface area contributed by atoms with Gasteiger partial charge in [-0.1, -0.05) is 43.5 Å². The van der Waals surface area contributed by atoms with Crippen molar-refractivity contribution in [3.63, 3.8) is 0 Å². The van der Waals surface area contributed by atoms with E-state index in [1.54, 1.807) is 39.0 Å².